The summed E-state index contributed by atoms with van der Waals surface area (Å²) < 4.78 is 28.3. The molecule has 0 amide bonds. The van der Waals surface area contributed by atoms with Crippen LogP contribution >= 0.6 is 0 Å². The molecule has 0 radical (unpaired) electrons. The highest BCUT2D eigenvalue weighted by Gasteiger charge is 2.49. The van der Waals surface area contributed by atoms with Crippen molar-refractivity contribution in [1.29, 1.82) is 0 Å². The first kappa shape index (κ1) is 38.4. The normalized spacial score (nSPS) is 28.6. The second-order valence-electron chi connectivity index (χ2n) is 12.6. The molecule has 0 bridgehead atoms. The topological polar surface area (TPSA) is 307 Å². The number of rotatable bonds is 9. The van der Waals surface area contributed by atoms with Gasteiger partial charge < -0.3 is 79.5 Å². The molecule has 3 aromatic carbocycles. The molecule has 2 saturated heterocycles. The number of ether oxygens (including phenoxy) is 4. The van der Waals surface area contributed by atoms with Crippen molar-refractivity contribution in [3.05, 3.63) is 82.0 Å². The maximum absolute atomic E-state index is 13.4. The van der Waals surface area contributed by atoms with E-state index >= 15 is 0 Å². The van der Waals surface area contributed by atoms with Gasteiger partial charge in [0.25, 0.3) is 0 Å². The van der Waals surface area contributed by atoms with Crippen molar-refractivity contribution in [1.82, 2.24) is 0 Å². The summed E-state index contributed by atoms with van der Waals surface area (Å²) in [4.78, 5) is 25.9. The third-order valence-electron chi connectivity index (χ3n) is 9.04. The van der Waals surface area contributed by atoms with Gasteiger partial charge in [0.15, 0.2) is 16.9 Å². The number of esters is 1. The lowest BCUT2D eigenvalue weighted by Gasteiger charge is -2.42. The van der Waals surface area contributed by atoms with Crippen LogP contribution in [0.3, 0.4) is 0 Å². The Morgan fingerprint density at radius 3 is 2.13 bits per heavy atom. The first-order valence-electron chi connectivity index (χ1n) is 16.3. The number of aliphatic hydroxyl groups is 7. The Bertz CT molecular complexity index is 2080. The number of carbonyl (C=O) groups excluding carboxylic acids is 1. The van der Waals surface area contributed by atoms with Gasteiger partial charge in [-0.3, -0.25) is 4.79 Å². The summed E-state index contributed by atoms with van der Waals surface area (Å²) in [5.74, 6) is -3.29. The van der Waals surface area contributed by atoms with Crippen LogP contribution in [-0.4, -0.2) is 130 Å². The molecular weight excluding hydrogens is 720 g/mol. The number of aromatic hydroxyl groups is 4. The minimum Gasteiger partial charge on any atom is -0.508 e. The molecule has 2 fully saturated rings. The SMILES string of the molecule is O=C(/C=C/c1ccc(O)c(O)c1)OCC1O[C@@H](Oc2cc3oc(-c4ccc(O)cc4)cc(=O)c3c(O)c2[C@@H]2OC(CO)[C@@H](O)[C@H](O)C2O)C(O)[C@@H](O)[C@@H]1O. The van der Waals surface area contributed by atoms with E-state index in [2.05, 4.69) is 0 Å². The molecule has 1 aromatic heterocycles. The highest BCUT2D eigenvalue weighted by molar-refractivity contribution is 5.88. The summed E-state index contributed by atoms with van der Waals surface area (Å²) in [5.41, 5.74) is -1.00. The molecule has 6 rings (SSSR count). The fourth-order valence-electron chi connectivity index (χ4n) is 6.07. The van der Waals surface area contributed by atoms with E-state index in [0.29, 0.717) is 11.1 Å². The van der Waals surface area contributed by atoms with E-state index in [-0.39, 0.29) is 22.8 Å². The molecule has 3 heterocycles. The molecule has 18 heteroatoms. The number of carbonyl (C=O) groups is 1. The van der Waals surface area contributed by atoms with Crippen LogP contribution in [-0.2, 0) is 19.0 Å². The maximum Gasteiger partial charge on any atom is 0.330 e. The lowest BCUT2D eigenvalue weighted by molar-refractivity contribution is -0.279. The maximum atomic E-state index is 13.4. The Labute approximate surface area is 303 Å². The molecule has 18 nitrogen and oxygen atoms in total. The third-order valence-corrected chi connectivity index (χ3v) is 9.04. The number of aliphatic hydroxyl groups excluding tert-OH is 7. The first-order valence-corrected chi connectivity index (χ1v) is 16.3. The number of phenolic OH excluding ortho intramolecular Hbond substituents is 4. The van der Waals surface area contributed by atoms with Gasteiger partial charge in [-0.05, 0) is 48.0 Å². The van der Waals surface area contributed by atoms with Crippen LogP contribution in [0.5, 0.6) is 28.7 Å². The van der Waals surface area contributed by atoms with Crippen molar-refractivity contribution < 1.29 is 84.3 Å². The van der Waals surface area contributed by atoms with Gasteiger partial charge in [0, 0.05) is 23.8 Å². The summed E-state index contributed by atoms with van der Waals surface area (Å²) in [5, 5.41) is 114. The summed E-state index contributed by atoms with van der Waals surface area (Å²) in [7, 11) is 0. The molecule has 4 aromatic rings. The molecule has 0 saturated carbocycles. The molecule has 0 spiro atoms. The van der Waals surface area contributed by atoms with E-state index in [1.165, 1.54) is 48.5 Å². The van der Waals surface area contributed by atoms with Gasteiger partial charge in [-0.15, -0.1) is 0 Å². The predicted octanol–water partition coefficient (Wildman–Crippen LogP) is -0.760. The zero-order valence-electron chi connectivity index (χ0n) is 27.8. The van der Waals surface area contributed by atoms with Gasteiger partial charge in [-0.25, -0.2) is 4.79 Å². The summed E-state index contributed by atoms with van der Waals surface area (Å²) in [6, 6.07) is 11.4. The smallest absolute Gasteiger partial charge is 0.330 e. The van der Waals surface area contributed by atoms with Gasteiger partial charge in [0.2, 0.25) is 6.29 Å². The monoisotopic (exact) mass is 756 g/mol. The van der Waals surface area contributed by atoms with Gasteiger partial charge in [-0.2, -0.15) is 0 Å². The van der Waals surface area contributed by atoms with Crippen LogP contribution in [0.1, 0.15) is 17.2 Å². The lowest BCUT2D eigenvalue weighted by Crippen LogP contribution is -2.60. The molecule has 10 atom stereocenters. The number of phenols is 4. The molecule has 54 heavy (non-hydrogen) atoms. The first-order chi connectivity index (χ1) is 25.7. The van der Waals surface area contributed by atoms with Crippen molar-refractivity contribution in [3.63, 3.8) is 0 Å². The minimum absolute atomic E-state index is 0.0240. The number of fused-ring (bicyclic) bond motifs is 1. The van der Waals surface area contributed by atoms with Gasteiger partial charge in [0.1, 0.15) is 95.5 Å². The Morgan fingerprint density at radius 1 is 0.759 bits per heavy atom. The average molecular weight is 757 g/mol. The average Bonchev–Trinajstić information content (AvgIpc) is 3.14. The Morgan fingerprint density at radius 2 is 1.44 bits per heavy atom. The Hall–Kier alpha value is -5.28. The van der Waals surface area contributed by atoms with E-state index in [1.807, 2.05) is 0 Å². The molecule has 11 N–H and O–H groups in total. The Kier molecular flexibility index (Phi) is 11.1. The molecule has 2 aliphatic rings. The van der Waals surface area contributed by atoms with Crippen LogP contribution in [0.4, 0.5) is 0 Å². The van der Waals surface area contributed by atoms with Crippen LogP contribution in [0.15, 0.2) is 69.9 Å². The van der Waals surface area contributed by atoms with Gasteiger partial charge in [0.05, 0.1) is 12.2 Å². The highest BCUT2D eigenvalue weighted by Crippen LogP contribution is 2.46. The van der Waals surface area contributed by atoms with Crippen LogP contribution < -0.4 is 10.2 Å². The van der Waals surface area contributed by atoms with Crippen molar-refractivity contribution >= 4 is 23.0 Å². The second-order valence-corrected chi connectivity index (χ2v) is 12.6. The molecule has 0 aliphatic carbocycles. The number of benzene rings is 3. The number of hydrogen-bond donors (Lipinski definition) is 11. The number of hydrogen-bond acceptors (Lipinski definition) is 18. The van der Waals surface area contributed by atoms with E-state index in [1.54, 1.807) is 0 Å². The summed E-state index contributed by atoms with van der Waals surface area (Å²) in [6.07, 6.45) is -16.2. The van der Waals surface area contributed by atoms with Crippen molar-refractivity contribution in [3.8, 4) is 40.1 Å². The lowest BCUT2D eigenvalue weighted by atomic mass is 9.89. The van der Waals surface area contributed by atoms with Crippen molar-refractivity contribution in [2.45, 2.75) is 61.2 Å². The van der Waals surface area contributed by atoms with Crippen LogP contribution in [0.2, 0.25) is 0 Å². The van der Waals surface area contributed by atoms with E-state index < -0.39 is 114 Å². The van der Waals surface area contributed by atoms with Crippen LogP contribution in [0, 0.1) is 0 Å². The zero-order chi connectivity index (χ0) is 39.0. The van der Waals surface area contributed by atoms with Crippen molar-refractivity contribution in [2.24, 2.45) is 0 Å². The van der Waals surface area contributed by atoms with Gasteiger partial charge >= 0.3 is 5.97 Å². The fourth-order valence-corrected chi connectivity index (χ4v) is 6.07. The van der Waals surface area contributed by atoms with E-state index in [0.717, 1.165) is 18.2 Å². The highest BCUT2D eigenvalue weighted by atomic mass is 16.7. The standard InChI is InChI=1S/C36H36O18/c37-12-23-28(43)31(46)33(48)35(52-23)27-22(11-21-26(30(27)45)19(41)10-20(51-21)15-3-5-16(38)6-4-15)53-36-34(49)32(47)29(44)24(54-36)13-50-25(42)8-2-14-1-7-17(39)18(40)9-14/h1-11,23-24,28-29,31-40,43-49H,12-13H2/b8-2+/t23?,24?,28-,29-,31+,32+,33?,34?,35+,36-/m1/s1. The largest absolute Gasteiger partial charge is 0.508 e. The summed E-state index contributed by atoms with van der Waals surface area (Å²) in [6.45, 7) is -1.56. The molecule has 288 valence electrons. The summed E-state index contributed by atoms with van der Waals surface area (Å²) >= 11 is 0. The molecular formula is C36H36O18. The minimum atomic E-state index is -2.02. The van der Waals surface area contributed by atoms with Crippen molar-refractivity contribution in [2.75, 3.05) is 13.2 Å². The van der Waals surface area contributed by atoms with E-state index in [4.69, 9.17) is 23.4 Å². The quantitative estimate of drug-likeness (QED) is 0.0568. The Balaban J connectivity index is 1.34. The predicted molar refractivity (Wildman–Crippen MR) is 181 cm³/mol. The second kappa shape index (κ2) is 15.6. The van der Waals surface area contributed by atoms with E-state index in [9.17, 15) is 65.8 Å². The van der Waals surface area contributed by atoms with Gasteiger partial charge in [-0.1, -0.05) is 6.07 Å². The van der Waals surface area contributed by atoms with Crippen LogP contribution in [0.25, 0.3) is 28.4 Å². The third kappa shape index (κ3) is 7.55. The molecule has 4 unspecified atom stereocenters. The fraction of sp³-hybridized carbons (Fsp3) is 0.333. The zero-order valence-corrected chi connectivity index (χ0v) is 27.8. The molecule has 2 aliphatic heterocycles.